The third kappa shape index (κ3) is 5.77. The molecular weight excluding hydrogens is 288 g/mol. The minimum absolute atomic E-state index is 0.315. The Morgan fingerprint density at radius 2 is 2.25 bits per heavy atom. The van der Waals surface area contributed by atoms with Gasteiger partial charge < -0.3 is 4.74 Å². The Morgan fingerprint density at radius 3 is 2.67 bits per heavy atom. The number of ether oxygens (including phenoxy) is 1. The van der Waals surface area contributed by atoms with E-state index in [1.807, 2.05) is 0 Å². The van der Waals surface area contributed by atoms with Crippen LogP contribution in [0.15, 0.2) is 12.2 Å². The zero-order valence-electron chi connectivity index (χ0n) is 6.98. The van der Waals surface area contributed by atoms with Crippen LogP contribution in [0.4, 0.5) is 0 Å². The Bertz CT molecular complexity index is 168. The predicted molar refractivity (Wildman–Crippen MR) is 56.9 cm³/mol. The normalized spacial score (nSPS) is 12.2. The van der Waals surface area contributed by atoms with Crippen molar-refractivity contribution >= 4 is 37.8 Å². The van der Waals surface area contributed by atoms with Crippen LogP contribution in [0.5, 0.6) is 0 Å². The van der Waals surface area contributed by atoms with Gasteiger partial charge in [-0.15, -0.1) is 0 Å². The maximum Gasteiger partial charge on any atom is 0.333 e. The van der Waals surface area contributed by atoms with Crippen molar-refractivity contribution in [2.75, 3.05) is 11.9 Å². The monoisotopic (exact) mass is 298 g/mol. The van der Waals surface area contributed by atoms with E-state index in [1.54, 1.807) is 6.92 Å². The minimum Gasteiger partial charge on any atom is -0.462 e. The molecule has 0 fully saturated rings. The molecule has 0 aliphatic carbocycles. The van der Waals surface area contributed by atoms with Gasteiger partial charge in [0.1, 0.15) is 0 Å². The molecule has 0 saturated carbocycles. The van der Waals surface area contributed by atoms with Crippen molar-refractivity contribution in [2.24, 2.45) is 0 Å². The molecule has 0 aromatic rings. The molecule has 1 unspecified atom stereocenters. The van der Waals surface area contributed by atoms with Gasteiger partial charge in [-0.25, -0.2) is 4.79 Å². The van der Waals surface area contributed by atoms with Gasteiger partial charge in [-0.05, 0) is 13.3 Å². The Morgan fingerprint density at radius 1 is 1.67 bits per heavy atom. The summed E-state index contributed by atoms with van der Waals surface area (Å²) >= 11 is 6.71. The van der Waals surface area contributed by atoms with Crippen molar-refractivity contribution in [3.8, 4) is 0 Å². The van der Waals surface area contributed by atoms with Crippen molar-refractivity contribution in [2.45, 2.75) is 18.2 Å². The molecule has 0 bridgehead atoms. The standard InChI is InChI=1S/C8H12Br2O2/c1-6(2)8(11)12-4-3-7(10)5-9/h7H,1,3-5H2,2H3. The molecule has 0 radical (unpaired) electrons. The van der Waals surface area contributed by atoms with Gasteiger partial charge in [-0.3, -0.25) is 0 Å². The second-order valence-corrected chi connectivity index (χ2v) is 4.40. The molecule has 2 nitrogen and oxygen atoms in total. The minimum atomic E-state index is -0.315. The second kappa shape index (κ2) is 6.66. The summed E-state index contributed by atoms with van der Waals surface area (Å²) in [6.45, 7) is 5.55. The summed E-state index contributed by atoms with van der Waals surface area (Å²) in [5.41, 5.74) is 0.444. The lowest BCUT2D eigenvalue weighted by molar-refractivity contribution is -0.138. The highest BCUT2D eigenvalue weighted by Crippen LogP contribution is 2.08. The third-order valence-electron chi connectivity index (χ3n) is 1.18. The van der Waals surface area contributed by atoms with Gasteiger partial charge in [0.25, 0.3) is 0 Å². The van der Waals surface area contributed by atoms with Crippen molar-refractivity contribution in [1.82, 2.24) is 0 Å². The topological polar surface area (TPSA) is 26.3 Å². The fraction of sp³-hybridized carbons (Fsp3) is 0.625. The molecule has 12 heavy (non-hydrogen) atoms. The van der Waals surface area contributed by atoms with E-state index in [0.717, 1.165) is 11.8 Å². The highest BCUT2D eigenvalue weighted by molar-refractivity contribution is 9.12. The first-order valence-electron chi connectivity index (χ1n) is 3.60. The van der Waals surface area contributed by atoms with E-state index in [4.69, 9.17) is 4.74 Å². The Hall–Kier alpha value is 0.170. The third-order valence-corrected chi connectivity index (χ3v) is 3.61. The molecule has 70 valence electrons. The fourth-order valence-corrected chi connectivity index (χ4v) is 0.991. The molecule has 0 saturated heterocycles. The molecular formula is C8H12Br2O2. The summed E-state index contributed by atoms with van der Waals surface area (Å²) in [4.78, 5) is 11.2. The van der Waals surface area contributed by atoms with E-state index < -0.39 is 0 Å². The molecule has 4 heteroatoms. The first kappa shape index (κ1) is 12.2. The van der Waals surface area contributed by atoms with Gasteiger partial charge in [-0.2, -0.15) is 0 Å². The van der Waals surface area contributed by atoms with Crippen LogP contribution < -0.4 is 0 Å². The van der Waals surface area contributed by atoms with E-state index in [-0.39, 0.29) is 5.97 Å². The Kier molecular flexibility index (Phi) is 6.76. The lowest BCUT2D eigenvalue weighted by Crippen LogP contribution is -2.10. The Balaban J connectivity index is 3.44. The molecule has 0 rings (SSSR count). The van der Waals surface area contributed by atoms with E-state index in [0.29, 0.717) is 17.0 Å². The predicted octanol–water partition coefficient (Wildman–Crippen LogP) is 2.65. The fourth-order valence-electron chi connectivity index (χ4n) is 0.480. The summed E-state index contributed by atoms with van der Waals surface area (Å²) < 4.78 is 4.89. The lowest BCUT2D eigenvalue weighted by atomic mass is 10.3. The molecule has 0 aromatic heterocycles. The molecule has 1 atom stereocenters. The van der Waals surface area contributed by atoms with Crippen LogP contribution in [-0.2, 0) is 9.53 Å². The molecule has 0 aromatic carbocycles. The van der Waals surface area contributed by atoms with Crippen LogP contribution >= 0.6 is 31.9 Å². The summed E-state index contributed by atoms with van der Waals surface area (Å²) in [5.74, 6) is -0.315. The van der Waals surface area contributed by atoms with Crippen LogP contribution in [0, 0.1) is 0 Å². The van der Waals surface area contributed by atoms with Crippen LogP contribution in [-0.4, -0.2) is 22.7 Å². The number of alkyl halides is 2. The number of hydrogen-bond acceptors (Lipinski definition) is 2. The van der Waals surface area contributed by atoms with Gasteiger partial charge >= 0.3 is 5.97 Å². The first-order chi connectivity index (χ1) is 5.57. The highest BCUT2D eigenvalue weighted by atomic mass is 79.9. The van der Waals surface area contributed by atoms with Crippen molar-refractivity contribution in [1.29, 1.82) is 0 Å². The Labute approximate surface area is 89.6 Å². The van der Waals surface area contributed by atoms with Crippen molar-refractivity contribution in [3.05, 3.63) is 12.2 Å². The van der Waals surface area contributed by atoms with Gasteiger partial charge in [0.05, 0.1) is 6.61 Å². The summed E-state index contributed by atoms with van der Waals surface area (Å²) in [7, 11) is 0. The molecule has 0 amide bonds. The van der Waals surface area contributed by atoms with Gasteiger partial charge in [0.2, 0.25) is 0 Å². The van der Waals surface area contributed by atoms with Crippen molar-refractivity contribution < 1.29 is 9.53 Å². The quantitative estimate of drug-likeness (QED) is 0.443. The van der Waals surface area contributed by atoms with Crippen molar-refractivity contribution in [3.63, 3.8) is 0 Å². The van der Waals surface area contributed by atoms with Gasteiger partial charge in [0, 0.05) is 15.7 Å². The highest BCUT2D eigenvalue weighted by Gasteiger charge is 2.05. The maximum atomic E-state index is 10.9. The van der Waals surface area contributed by atoms with E-state index in [1.165, 1.54) is 0 Å². The summed E-state index contributed by atoms with van der Waals surface area (Å²) in [6, 6.07) is 0. The van der Waals surface area contributed by atoms with E-state index in [2.05, 4.69) is 38.4 Å². The van der Waals surface area contributed by atoms with Crippen LogP contribution in [0.2, 0.25) is 0 Å². The average Bonchev–Trinajstić information content (AvgIpc) is 2.03. The largest absolute Gasteiger partial charge is 0.462 e. The average molecular weight is 300 g/mol. The summed E-state index contributed by atoms with van der Waals surface area (Å²) in [6.07, 6.45) is 0.810. The number of rotatable bonds is 5. The molecule has 0 aliphatic rings. The van der Waals surface area contributed by atoms with Crippen LogP contribution in [0.3, 0.4) is 0 Å². The first-order valence-corrected chi connectivity index (χ1v) is 5.64. The molecule has 0 aliphatic heterocycles. The van der Waals surface area contributed by atoms with E-state index in [9.17, 15) is 4.79 Å². The van der Waals surface area contributed by atoms with Crippen LogP contribution in [0.1, 0.15) is 13.3 Å². The zero-order valence-corrected chi connectivity index (χ0v) is 10.2. The number of hydrogen-bond donors (Lipinski definition) is 0. The number of halogens is 2. The second-order valence-electron chi connectivity index (χ2n) is 2.46. The SMILES string of the molecule is C=C(C)C(=O)OCCC(Br)CBr. The zero-order chi connectivity index (χ0) is 9.56. The van der Waals surface area contributed by atoms with Gasteiger partial charge in [0.15, 0.2) is 0 Å². The number of esters is 1. The smallest absolute Gasteiger partial charge is 0.333 e. The molecule has 0 spiro atoms. The lowest BCUT2D eigenvalue weighted by Gasteiger charge is -2.06. The number of carbonyl (C=O) groups excluding carboxylic acids is 1. The van der Waals surface area contributed by atoms with Gasteiger partial charge in [-0.1, -0.05) is 38.4 Å². The molecule has 0 heterocycles. The molecule has 0 N–H and O–H groups in total. The van der Waals surface area contributed by atoms with E-state index >= 15 is 0 Å². The number of carbonyl (C=O) groups is 1. The summed E-state index contributed by atoms with van der Waals surface area (Å²) in [5, 5.41) is 0.859. The maximum absolute atomic E-state index is 10.9. The van der Waals surface area contributed by atoms with Crippen LogP contribution in [0.25, 0.3) is 0 Å².